The number of aryl methyl sites for hydroxylation is 1. The molecule has 4 aromatic rings. The van der Waals surface area contributed by atoms with Gasteiger partial charge in [-0.2, -0.15) is 0 Å². The van der Waals surface area contributed by atoms with Gasteiger partial charge in [-0.3, -0.25) is 23.8 Å². The van der Waals surface area contributed by atoms with Gasteiger partial charge in [-0.05, 0) is 66.4 Å². The highest BCUT2D eigenvalue weighted by Gasteiger charge is 2.33. The zero-order valence-electron chi connectivity index (χ0n) is 26.9. The van der Waals surface area contributed by atoms with E-state index in [1.807, 2.05) is 49.4 Å². The second-order valence-electron chi connectivity index (χ2n) is 11.8. The molecule has 2 aromatic heterocycles. The molecule has 13 heteroatoms. The largest absolute Gasteiger partial charge is 0.493 e. The lowest BCUT2D eigenvalue weighted by atomic mass is 10.1. The highest BCUT2D eigenvalue weighted by Crippen LogP contribution is 2.35. The molecule has 0 unspecified atom stereocenters. The summed E-state index contributed by atoms with van der Waals surface area (Å²) >= 11 is 6.86. The summed E-state index contributed by atoms with van der Waals surface area (Å²) in [5.41, 5.74) is 3.78. The molecule has 0 saturated carbocycles. The average molecular weight is 686 g/mol. The van der Waals surface area contributed by atoms with Crippen LogP contribution in [0.25, 0.3) is 11.7 Å². The number of hydrogen-bond acceptors (Lipinski definition) is 11. The van der Waals surface area contributed by atoms with Crippen LogP contribution in [0.4, 0.5) is 5.82 Å². The van der Waals surface area contributed by atoms with E-state index in [1.165, 1.54) is 11.8 Å². The van der Waals surface area contributed by atoms with Crippen LogP contribution in [0.3, 0.4) is 0 Å². The van der Waals surface area contributed by atoms with Crippen molar-refractivity contribution >= 4 is 51.7 Å². The number of hydrogen-bond donors (Lipinski definition) is 0. The van der Waals surface area contributed by atoms with Crippen molar-refractivity contribution in [2.45, 2.75) is 19.9 Å². The molecule has 0 aliphatic carbocycles. The molecule has 2 fully saturated rings. The van der Waals surface area contributed by atoms with E-state index >= 15 is 0 Å². The predicted molar refractivity (Wildman–Crippen MR) is 189 cm³/mol. The minimum atomic E-state index is -0.225. The Balaban J connectivity index is 1.12. The van der Waals surface area contributed by atoms with E-state index in [4.69, 9.17) is 36.1 Å². The molecule has 0 bridgehead atoms. The smallest absolute Gasteiger partial charge is 0.267 e. The molecule has 2 saturated heterocycles. The number of carbonyl (C=O) groups excluding carboxylic acids is 1. The molecule has 1 amide bonds. The Bertz CT molecular complexity index is 2010. The topological polar surface area (TPSA) is 98.1 Å². The second-order valence-corrected chi connectivity index (χ2v) is 13.4. The van der Waals surface area contributed by atoms with Crippen molar-refractivity contribution in [1.29, 1.82) is 0 Å². The first-order chi connectivity index (χ1) is 23.3. The van der Waals surface area contributed by atoms with Gasteiger partial charge >= 0.3 is 0 Å². The van der Waals surface area contributed by atoms with Gasteiger partial charge in [0, 0.05) is 45.5 Å². The lowest BCUT2D eigenvalue weighted by Gasteiger charge is -2.36. The molecule has 248 valence electrons. The maximum atomic E-state index is 14.1. The summed E-state index contributed by atoms with van der Waals surface area (Å²) in [6.45, 7) is 6.26. The fourth-order valence-corrected chi connectivity index (χ4v) is 7.47. The molecule has 0 radical (unpaired) electrons. The number of thioether (sulfide) groups is 1. The second kappa shape index (κ2) is 13.5. The lowest BCUT2D eigenvalue weighted by Crippen LogP contribution is -2.47. The summed E-state index contributed by atoms with van der Waals surface area (Å²) < 4.78 is 23.8. The van der Waals surface area contributed by atoms with Gasteiger partial charge in [0.25, 0.3) is 11.5 Å². The van der Waals surface area contributed by atoms with E-state index in [9.17, 15) is 9.59 Å². The average Bonchev–Trinajstić information content (AvgIpc) is 3.68. The van der Waals surface area contributed by atoms with Crippen molar-refractivity contribution in [2.75, 3.05) is 58.6 Å². The van der Waals surface area contributed by atoms with Crippen LogP contribution in [0, 0.1) is 6.92 Å². The molecule has 5 heterocycles. The third kappa shape index (κ3) is 6.20. The highest BCUT2D eigenvalue weighted by molar-refractivity contribution is 8.26. The van der Waals surface area contributed by atoms with E-state index < -0.39 is 0 Å². The number of anilines is 1. The van der Waals surface area contributed by atoms with Crippen LogP contribution in [0.1, 0.15) is 22.3 Å². The van der Waals surface area contributed by atoms with E-state index in [1.54, 1.807) is 35.8 Å². The quantitative estimate of drug-likeness (QED) is 0.184. The Morgan fingerprint density at radius 2 is 1.73 bits per heavy atom. The fraction of sp³-hybridized carbons (Fsp3) is 0.314. The number of piperazine rings is 1. The Morgan fingerprint density at radius 1 is 0.958 bits per heavy atom. The summed E-state index contributed by atoms with van der Waals surface area (Å²) in [5.74, 6) is 3.17. The van der Waals surface area contributed by atoms with Crippen LogP contribution in [0.2, 0.25) is 0 Å². The van der Waals surface area contributed by atoms with Gasteiger partial charge in [0.1, 0.15) is 15.8 Å². The summed E-state index contributed by atoms with van der Waals surface area (Å²) in [7, 11) is 3.19. The van der Waals surface area contributed by atoms with Gasteiger partial charge in [0.05, 0.1) is 24.7 Å². The highest BCUT2D eigenvalue weighted by atomic mass is 32.2. The van der Waals surface area contributed by atoms with Gasteiger partial charge in [0.15, 0.2) is 23.0 Å². The number of methoxy groups -OCH3 is 2. The van der Waals surface area contributed by atoms with Crippen LogP contribution in [-0.2, 0) is 17.8 Å². The first-order valence-corrected chi connectivity index (χ1v) is 16.9. The fourth-order valence-electron chi connectivity index (χ4n) is 6.18. The Morgan fingerprint density at radius 3 is 2.52 bits per heavy atom. The number of aromatic nitrogens is 2. The standard InChI is InChI=1S/C35H35N5O6S2/c1-22-5-4-11-39-31(22)36-32(38-15-13-37(14-16-38)20-24-7-9-27-29(18-24)46-21-45-27)25(33(39)41)19-30-34(42)40(35(47)48-30)12-10-23-6-8-26(43-2)28(17-23)44-3/h4-9,11,17-19H,10,12-16,20-21H2,1-3H3. The van der Waals surface area contributed by atoms with E-state index in [2.05, 4.69) is 15.9 Å². The number of rotatable bonds is 9. The first-order valence-electron chi connectivity index (χ1n) is 15.7. The molecule has 3 aliphatic heterocycles. The predicted octanol–water partition coefficient (Wildman–Crippen LogP) is 4.51. The Labute approximate surface area is 287 Å². The molecular formula is C35H35N5O6S2. The van der Waals surface area contributed by atoms with E-state index in [0.29, 0.717) is 63.8 Å². The molecule has 0 spiro atoms. The monoisotopic (exact) mass is 685 g/mol. The minimum Gasteiger partial charge on any atom is -0.493 e. The van der Waals surface area contributed by atoms with Crippen LogP contribution >= 0.6 is 24.0 Å². The maximum Gasteiger partial charge on any atom is 0.267 e. The third-order valence-electron chi connectivity index (χ3n) is 8.80. The van der Waals surface area contributed by atoms with E-state index in [0.717, 1.165) is 47.8 Å². The van der Waals surface area contributed by atoms with Crippen LogP contribution in [0.5, 0.6) is 23.0 Å². The van der Waals surface area contributed by atoms with Crippen molar-refractivity contribution in [3.63, 3.8) is 0 Å². The number of thiocarbonyl (C=S) groups is 1. The number of pyridine rings is 1. The molecule has 3 aliphatic rings. The maximum absolute atomic E-state index is 14.1. The summed E-state index contributed by atoms with van der Waals surface area (Å²) in [4.78, 5) is 39.3. The van der Waals surface area contributed by atoms with Crippen molar-refractivity contribution < 1.29 is 23.7 Å². The zero-order chi connectivity index (χ0) is 33.4. The third-order valence-corrected chi connectivity index (χ3v) is 10.2. The number of amides is 1. The summed E-state index contributed by atoms with van der Waals surface area (Å²) in [5, 5.41) is 0. The van der Waals surface area contributed by atoms with Crippen molar-refractivity contribution in [3.8, 4) is 23.0 Å². The molecule has 0 atom stereocenters. The number of nitrogens with zero attached hydrogens (tertiary/aromatic N) is 5. The number of fused-ring (bicyclic) bond motifs is 2. The molecule has 48 heavy (non-hydrogen) atoms. The number of carbonyl (C=O) groups is 1. The van der Waals surface area contributed by atoms with Gasteiger partial charge in [0.2, 0.25) is 6.79 Å². The van der Waals surface area contributed by atoms with Gasteiger partial charge in [-0.25, -0.2) is 4.98 Å². The van der Waals surface area contributed by atoms with Gasteiger partial charge in [-0.15, -0.1) is 0 Å². The first kappa shape index (κ1) is 32.0. The van der Waals surface area contributed by atoms with Crippen LogP contribution in [0.15, 0.2) is 64.4 Å². The van der Waals surface area contributed by atoms with Crippen molar-refractivity contribution in [3.05, 3.63) is 92.2 Å². The van der Waals surface area contributed by atoms with Crippen LogP contribution in [-0.4, -0.2) is 83.1 Å². The zero-order valence-corrected chi connectivity index (χ0v) is 28.6. The van der Waals surface area contributed by atoms with Gasteiger partial charge in [-0.1, -0.05) is 42.2 Å². The SMILES string of the molecule is COc1ccc(CCN2C(=O)C(=Cc3c(N4CCN(Cc5ccc6c(c5)OCO6)CC4)nc4c(C)cccn4c3=O)SC2=S)cc1OC. The van der Waals surface area contributed by atoms with E-state index in [-0.39, 0.29) is 18.3 Å². The number of ether oxygens (including phenoxy) is 4. The molecule has 0 N–H and O–H groups in total. The molecule has 11 nitrogen and oxygen atoms in total. The van der Waals surface area contributed by atoms with Crippen molar-refractivity contribution in [1.82, 2.24) is 19.2 Å². The molecule has 2 aromatic carbocycles. The van der Waals surface area contributed by atoms with Crippen molar-refractivity contribution in [2.24, 2.45) is 0 Å². The van der Waals surface area contributed by atoms with Gasteiger partial charge < -0.3 is 23.8 Å². The minimum absolute atomic E-state index is 0.223. The Kier molecular flexibility index (Phi) is 8.99. The normalized spacial score (nSPS) is 17.2. The molecular weight excluding hydrogens is 651 g/mol. The Hall–Kier alpha value is -4.59. The lowest BCUT2D eigenvalue weighted by molar-refractivity contribution is -0.122. The molecule has 7 rings (SSSR count). The summed E-state index contributed by atoms with van der Waals surface area (Å²) in [6, 6.07) is 15.5. The number of benzene rings is 2. The summed E-state index contributed by atoms with van der Waals surface area (Å²) in [6.07, 6.45) is 3.96. The van der Waals surface area contributed by atoms with Crippen LogP contribution < -0.4 is 29.4 Å².